The first-order valence-corrected chi connectivity index (χ1v) is 6.08. The molecule has 0 aliphatic rings. The number of rotatable bonds is 1. The van der Waals surface area contributed by atoms with Crippen LogP contribution in [0.5, 0.6) is 0 Å². The average molecular weight is 276 g/mol. The van der Waals surface area contributed by atoms with Crippen molar-refractivity contribution in [1.82, 2.24) is 4.98 Å². The molecule has 0 saturated carbocycles. The predicted octanol–water partition coefficient (Wildman–Crippen LogP) is 4.51. The SMILES string of the molecule is O=Cc1c2ccc(Cl)cc2nc2ccc(Cl)cc12. The van der Waals surface area contributed by atoms with Crippen molar-refractivity contribution < 1.29 is 4.79 Å². The summed E-state index contributed by atoms with van der Waals surface area (Å²) in [6, 6.07) is 10.6. The second kappa shape index (κ2) is 4.23. The number of fused-ring (bicyclic) bond motifs is 2. The summed E-state index contributed by atoms with van der Waals surface area (Å²) in [7, 11) is 0. The van der Waals surface area contributed by atoms with Gasteiger partial charge < -0.3 is 0 Å². The zero-order valence-corrected chi connectivity index (χ0v) is 10.7. The monoisotopic (exact) mass is 275 g/mol. The number of benzene rings is 2. The third-order valence-electron chi connectivity index (χ3n) is 2.86. The second-order valence-electron chi connectivity index (χ2n) is 3.97. The van der Waals surface area contributed by atoms with Crippen LogP contribution in [-0.4, -0.2) is 11.3 Å². The van der Waals surface area contributed by atoms with E-state index in [1.807, 2.05) is 0 Å². The first-order chi connectivity index (χ1) is 8.69. The lowest BCUT2D eigenvalue weighted by molar-refractivity contribution is 0.112. The van der Waals surface area contributed by atoms with Gasteiger partial charge >= 0.3 is 0 Å². The molecule has 88 valence electrons. The van der Waals surface area contributed by atoms with Gasteiger partial charge in [-0.1, -0.05) is 29.3 Å². The van der Waals surface area contributed by atoms with Crippen molar-refractivity contribution in [3.63, 3.8) is 0 Å². The first-order valence-electron chi connectivity index (χ1n) is 5.33. The second-order valence-corrected chi connectivity index (χ2v) is 4.84. The highest BCUT2D eigenvalue weighted by Crippen LogP contribution is 2.28. The molecule has 0 unspecified atom stereocenters. The van der Waals surface area contributed by atoms with E-state index in [1.165, 1.54) is 0 Å². The minimum atomic E-state index is 0.584. The fourth-order valence-corrected chi connectivity index (χ4v) is 2.39. The highest BCUT2D eigenvalue weighted by molar-refractivity contribution is 6.32. The maximum atomic E-state index is 11.3. The molecule has 1 heterocycles. The van der Waals surface area contributed by atoms with Crippen LogP contribution in [0.2, 0.25) is 10.0 Å². The third-order valence-corrected chi connectivity index (χ3v) is 3.33. The summed E-state index contributed by atoms with van der Waals surface area (Å²) in [6.45, 7) is 0. The van der Waals surface area contributed by atoms with E-state index in [2.05, 4.69) is 4.98 Å². The smallest absolute Gasteiger partial charge is 0.151 e. The predicted molar refractivity (Wildman–Crippen MR) is 74.7 cm³/mol. The van der Waals surface area contributed by atoms with Gasteiger partial charge in [0.15, 0.2) is 6.29 Å². The van der Waals surface area contributed by atoms with Crippen molar-refractivity contribution >= 4 is 51.3 Å². The Morgan fingerprint density at radius 1 is 0.889 bits per heavy atom. The molecule has 2 nitrogen and oxygen atoms in total. The van der Waals surface area contributed by atoms with Crippen LogP contribution in [0.25, 0.3) is 21.8 Å². The standard InChI is InChI=1S/C14H7Cl2NO/c15-8-2-4-13-11(5-8)12(7-18)10-3-1-9(16)6-14(10)17-13/h1-7H. The molecule has 4 heteroatoms. The summed E-state index contributed by atoms with van der Waals surface area (Å²) < 4.78 is 0. The first kappa shape index (κ1) is 11.5. The fourth-order valence-electron chi connectivity index (χ4n) is 2.05. The van der Waals surface area contributed by atoms with Gasteiger partial charge in [0.1, 0.15) is 0 Å². The molecule has 3 rings (SSSR count). The molecule has 0 aliphatic carbocycles. The Morgan fingerprint density at radius 2 is 1.61 bits per heavy atom. The van der Waals surface area contributed by atoms with Gasteiger partial charge in [-0.3, -0.25) is 4.79 Å². The van der Waals surface area contributed by atoms with E-state index in [-0.39, 0.29) is 0 Å². The molecule has 0 fully saturated rings. The number of hydrogen-bond acceptors (Lipinski definition) is 2. The van der Waals surface area contributed by atoms with Crippen LogP contribution in [0.1, 0.15) is 10.4 Å². The topological polar surface area (TPSA) is 30.0 Å². The summed E-state index contributed by atoms with van der Waals surface area (Å²) in [5.74, 6) is 0. The lowest BCUT2D eigenvalue weighted by atomic mass is 10.0. The Hall–Kier alpha value is -1.64. The number of hydrogen-bond donors (Lipinski definition) is 0. The highest BCUT2D eigenvalue weighted by Gasteiger charge is 2.09. The van der Waals surface area contributed by atoms with Crippen LogP contribution in [0, 0.1) is 0 Å². The molecule has 0 N–H and O–H groups in total. The molecule has 0 atom stereocenters. The minimum Gasteiger partial charge on any atom is -0.298 e. The van der Waals surface area contributed by atoms with E-state index in [0.717, 1.165) is 22.6 Å². The molecule has 0 spiro atoms. The molecule has 3 aromatic rings. The zero-order chi connectivity index (χ0) is 12.7. The number of carbonyl (C=O) groups is 1. The Kier molecular flexibility index (Phi) is 2.69. The van der Waals surface area contributed by atoms with Gasteiger partial charge in [-0.25, -0.2) is 4.98 Å². The van der Waals surface area contributed by atoms with Crippen LogP contribution < -0.4 is 0 Å². The van der Waals surface area contributed by atoms with Crippen molar-refractivity contribution in [2.24, 2.45) is 0 Å². The van der Waals surface area contributed by atoms with Crippen molar-refractivity contribution in [3.05, 3.63) is 52.0 Å². The van der Waals surface area contributed by atoms with Crippen molar-refractivity contribution in [3.8, 4) is 0 Å². The lowest BCUT2D eigenvalue weighted by Gasteiger charge is -2.06. The van der Waals surface area contributed by atoms with Crippen LogP contribution in [0.4, 0.5) is 0 Å². The Labute approximate surface area is 113 Å². The van der Waals surface area contributed by atoms with E-state index in [4.69, 9.17) is 23.2 Å². The number of pyridine rings is 1. The molecule has 0 aliphatic heterocycles. The average Bonchev–Trinajstić information content (AvgIpc) is 2.36. The molecular formula is C14H7Cl2NO. The van der Waals surface area contributed by atoms with E-state index < -0.39 is 0 Å². The van der Waals surface area contributed by atoms with Gasteiger partial charge in [0.25, 0.3) is 0 Å². The Balaban J connectivity index is 2.56. The molecular weight excluding hydrogens is 269 g/mol. The number of nitrogens with zero attached hydrogens (tertiary/aromatic N) is 1. The molecule has 18 heavy (non-hydrogen) atoms. The number of aldehydes is 1. The Morgan fingerprint density at radius 3 is 2.39 bits per heavy atom. The maximum absolute atomic E-state index is 11.3. The summed E-state index contributed by atoms with van der Waals surface area (Å²) in [5, 5.41) is 2.72. The van der Waals surface area contributed by atoms with E-state index >= 15 is 0 Å². The van der Waals surface area contributed by atoms with Gasteiger partial charge in [0.2, 0.25) is 0 Å². The minimum absolute atomic E-state index is 0.584. The van der Waals surface area contributed by atoms with Crippen molar-refractivity contribution in [2.45, 2.75) is 0 Å². The maximum Gasteiger partial charge on any atom is 0.151 e. The van der Waals surface area contributed by atoms with Gasteiger partial charge in [-0.05, 0) is 30.3 Å². The van der Waals surface area contributed by atoms with Crippen molar-refractivity contribution in [2.75, 3.05) is 0 Å². The molecule has 0 saturated heterocycles. The lowest BCUT2D eigenvalue weighted by Crippen LogP contribution is -1.91. The molecule has 0 bridgehead atoms. The zero-order valence-electron chi connectivity index (χ0n) is 9.15. The normalized spacial score (nSPS) is 11.0. The highest BCUT2D eigenvalue weighted by atomic mass is 35.5. The van der Waals surface area contributed by atoms with Gasteiger partial charge in [0, 0.05) is 26.4 Å². The summed E-state index contributed by atoms with van der Waals surface area (Å²) >= 11 is 11.9. The fraction of sp³-hybridized carbons (Fsp3) is 0. The third kappa shape index (κ3) is 1.74. The summed E-state index contributed by atoms with van der Waals surface area (Å²) in [4.78, 5) is 15.8. The molecule has 0 radical (unpaired) electrons. The number of aromatic nitrogens is 1. The molecule has 2 aromatic carbocycles. The van der Waals surface area contributed by atoms with Gasteiger partial charge in [-0.2, -0.15) is 0 Å². The van der Waals surface area contributed by atoms with Gasteiger partial charge in [-0.15, -0.1) is 0 Å². The van der Waals surface area contributed by atoms with Crippen molar-refractivity contribution in [1.29, 1.82) is 0 Å². The van der Waals surface area contributed by atoms with E-state index in [9.17, 15) is 4.79 Å². The largest absolute Gasteiger partial charge is 0.298 e. The summed E-state index contributed by atoms with van der Waals surface area (Å²) in [5.41, 5.74) is 2.03. The Bertz CT molecular complexity index is 783. The number of carbonyl (C=O) groups excluding carboxylic acids is 1. The van der Waals surface area contributed by atoms with Crippen LogP contribution >= 0.6 is 23.2 Å². The van der Waals surface area contributed by atoms with E-state index in [1.54, 1.807) is 36.4 Å². The number of halogens is 2. The molecule has 0 amide bonds. The molecule has 1 aromatic heterocycles. The van der Waals surface area contributed by atoms with Crippen LogP contribution in [-0.2, 0) is 0 Å². The quantitative estimate of drug-likeness (QED) is 0.483. The summed E-state index contributed by atoms with van der Waals surface area (Å²) in [6.07, 6.45) is 0.830. The van der Waals surface area contributed by atoms with Gasteiger partial charge in [0.05, 0.1) is 11.0 Å². The van der Waals surface area contributed by atoms with Crippen LogP contribution in [0.3, 0.4) is 0 Å². The van der Waals surface area contributed by atoms with Crippen LogP contribution in [0.15, 0.2) is 36.4 Å². The van der Waals surface area contributed by atoms with E-state index in [0.29, 0.717) is 21.1 Å².